The van der Waals surface area contributed by atoms with Gasteiger partial charge in [-0.05, 0) is 27.6 Å². The molecular weight excluding hydrogens is 320 g/mol. The number of nitrogens with zero attached hydrogens (tertiary/aromatic N) is 4. The third-order valence-electron chi connectivity index (χ3n) is 3.68. The third-order valence-corrected chi connectivity index (χ3v) is 3.68. The second-order valence-corrected chi connectivity index (χ2v) is 5.46. The van der Waals surface area contributed by atoms with E-state index < -0.39 is 4.92 Å². The van der Waals surface area contributed by atoms with Gasteiger partial charge < -0.3 is 19.6 Å². The Balaban J connectivity index is 1.82. The number of nitro groups is 1. The van der Waals surface area contributed by atoms with Gasteiger partial charge in [-0.2, -0.15) is 0 Å². The highest BCUT2D eigenvalue weighted by molar-refractivity contribution is 5.93. The van der Waals surface area contributed by atoms with E-state index in [0.717, 1.165) is 11.3 Å². The van der Waals surface area contributed by atoms with Gasteiger partial charge >= 0.3 is 5.82 Å². The van der Waals surface area contributed by atoms with Gasteiger partial charge in [-0.3, -0.25) is 4.79 Å². The Bertz CT molecular complexity index is 862. The zero-order valence-corrected chi connectivity index (χ0v) is 13.4. The number of hydrogen-bond donors (Lipinski definition) is 0. The molecular formula is C18H16N4O3. The lowest BCUT2D eigenvalue weighted by Crippen LogP contribution is -2.33. The van der Waals surface area contributed by atoms with Crippen molar-refractivity contribution in [1.29, 1.82) is 0 Å². The minimum atomic E-state index is -0.583. The zero-order valence-electron chi connectivity index (χ0n) is 13.4. The van der Waals surface area contributed by atoms with Crippen LogP contribution >= 0.6 is 0 Å². The molecule has 2 aromatic carbocycles. The molecule has 0 spiro atoms. The lowest BCUT2D eigenvalue weighted by Gasteiger charge is -2.23. The molecule has 0 aliphatic rings. The van der Waals surface area contributed by atoms with E-state index in [2.05, 4.69) is 4.98 Å². The predicted molar refractivity (Wildman–Crippen MR) is 93.0 cm³/mol. The number of rotatable bonds is 6. The largest absolute Gasteiger partial charge is 0.381 e. The maximum absolute atomic E-state index is 12.8. The number of aromatic nitrogens is 2. The van der Waals surface area contributed by atoms with Crippen LogP contribution in [0.15, 0.2) is 73.2 Å². The highest BCUT2D eigenvalue weighted by Crippen LogP contribution is 2.18. The molecule has 0 unspecified atom stereocenters. The van der Waals surface area contributed by atoms with E-state index in [1.54, 1.807) is 4.90 Å². The predicted octanol–water partition coefficient (Wildman–Crippen LogP) is 3.02. The van der Waals surface area contributed by atoms with Gasteiger partial charge in [0.25, 0.3) is 0 Å². The van der Waals surface area contributed by atoms with Crippen LogP contribution in [0.5, 0.6) is 0 Å². The summed E-state index contributed by atoms with van der Waals surface area (Å²) in [5.41, 5.74) is 1.77. The fourth-order valence-corrected chi connectivity index (χ4v) is 2.47. The summed E-state index contributed by atoms with van der Waals surface area (Å²) in [6.07, 6.45) is 2.55. The average molecular weight is 336 g/mol. The Morgan fingerprint density at radius 1 is 1.08 bits per heavy atom. The second kappa shape index (κ2) is 7.39. The molecule has 0 bridgehead atoms. The van der Waals surface area contributed by atoms with Gasteiger partial charge in [-0.1, -0.05) is 48.5 Å². The van der Waals surface area contributed by atoms with Gasteiger partial charge in [0.1, 0.15) is 12.7 Å². The van der Waals surface area contributed by atoms with Crippen LogP contribution < -0.4 is 4.90 Å². The molecule has 0 radical (unpaired) electrons. The van der Waals surface area contributed by atoms with Gasteiger partial charge in [-0.25, -0.2) is 0 Å². The van der Waals surface area contributed by atoms with Crippen LogP contribution in [0.1, 0.15) is 5.56 Å². The molecule has 7 heteroatoms. The maximum atomic E-state index is 12.8. The van der Waals surface area contributed by atoms with E-state index >= 15 is 0 Å². The number of imidazole rings is 1. The van der Waals surface area contributed by atoms with Crippen LogP contribution in [-0.2, 0) is 17.9 Å². The summed E-state index contributed by atoms with van der Waals surface area (Å²) < 4.78 is 1.42. The van der Waals surface area contributed by atoms with Crippen molar-refractivity contribution in [3.8, 4) is 0 Å². The van der Waals surface area contributed by atoms with Crippen LogP contribution in [0.2, 0.25) is 0 Å². The van der Waals surface area contributed by atoms with Crippen molar-refractivity contribution in [3.63, 3.8) is 0 Å². The quantitative estimate of drug-likeness (QED) is 0.512. The van der Waals surface area contributed by atoms with Crippen LogP contribution in [0.4, 0.5) is 11.5 Å². The van der Waals surface area contributed by atoms with Crippen LogP contribution in [0.25, 0.3) is 0 Å². The minimum absolute atomic E-state index is 0.0252. The Hall–Kier alpha value is -3.48. The van der Waals surface area contributed by atoms with Crippen molar-refractivity contribution in [3.05, 3.63) is 88.9 Å². The molecule has 1 aromatic heterocycles. The lowest BCUT2D eigenvalue weighted by molar-refractivity contribution is -0.389. The van der Waals surface area contributed by atoms with E-state index in [1.807, 2.05) is 60.7 Å². The van der Waals surface area contributed by atoms with Crippen molar-refractivity contribution in [2.75, 3.05) is 4.90 Å². The first-order valence-electron chi connectivity index (χ1n) is 7.69. The fraction of sp³-hybridized carbons (Fsp3) is 0.111. The molecule has 0 atom stereocenters. The van der Waals surface area contributed by atoms with Crippen molar-refractivity contribution in [1.82, 2.24) is 9.55 Å². The highest BCUT2D eigenvalue weighted by Gasteiger charge is 2.18. The van der Waals surface area contributed by atoms with Gasteiger partial charge in [0, 0.05) is 5.69 Å². The molecule has 126 valence electrons. The Morgan fingerprint density at radius 2 is 1.72 bits per heavy atom. The number of hydrogen-bond acceptors (Lipinski definition) is 4. The standard InChI is InChI=1S/C18H16N4O3/c23-18(13-20-12-17(19-14-20)22(24)25)21(16-9-5-2-6-10-16)11-15-7-3-1-4-8-15/h1-10,12,14H,11,13H2. The third kappa shape index (κ3) is 4.08. The van der Waals surface area contributed by atoms with E-state index in [0.29, 0.717) is 6.54 Å². The summed E-state index contributed by atoms with van der Waals surface area (Å²) in [4.78, 5) is 28.3. The number of carbonyl (C=O) groups excluding carboxylic acids is 1. The first kappa shape index (κ1) is 16.4. The molecule has 3 aromatic rings. The first-order valence-corrected chi connectivity index (χ1v) is 7.69. The van der Waals surface area contributed by atoms with Crippen LogP contribution in [0, 0.1) is 10.1 Å². The molecule has 1 amide bonds. The van der Waals surface area contributed by atoms with Crippen LogP contribution in [-0.4, -0.2) is 20.4 Å². The molecule has 7 nitrogen and oxygen atoms in total. The molecule has 0 saturated carbocycles. The average Bonchev–Trinajstić information content (AvgIpc) is 3.10. The lowest BCUT2D eigenvalue weighted by atomic mass is 10.2. The zero-order chi connectivity index (χ0) is 17.6. The van der Waals surface area contributed by atoms with Crippen molar-refractivity contribution >= 4 is 17.4 Å². The number of anilines is 1. The smallest absolute Gasteiger partial charge is 0.358 e. The summed E-state index contributed by atoms with van der Waals surface area (Å²) in [7, 11) is 0. The van der Waals surface area contributed by atoms with Crippen molar-refractivity contribution in [2.24, 2.45) is 0 Å². The van der Waals surface area contributed by atoms with Crippen LogP contribution in [0.3, 0.4) is 0 Å². The summed E-state index contributed by atoms with van der Waals surface area (Å²) in [5, 5.41) is 10.7. The van der Waals surface area contributed by atoms with E-state index in [4.69, 9.17) is 0 Å². The second-order valence-electron chi connectivity index (χ2n) is 5.46. The van der Waals surface area contributed by atoms with Gasteiger partial charge in [0.2, 0.25) is 12.2 Å². The number of carbonyl (C=O) groups is 1. The van der Waals surface area contributed by atoms with Gasteiger partial charge in [0.15, 0.2) is 0 Å². The number of benzene rings is 2. The van der Waals surface area contributed by atoms with E-state index in [9.17, 15) is 14.9 Å². The summed E-state index contributed by atoms with van der Waals surface area (Å²) >= 11 is 0. The van der Waals surface area contributed by atoms with Gasteiger partial charge in [0.05, 0.1) is 6.54 Å². The van der Waals surface area contributed by atoms with Crippen molar-refractivity contribution in [2.45, 2.75) is 13.1 Å². The van der Waals surface area contributed by atoms with Gasteiger partial charge in [-0.15, -0.1) is 0 Å². The SMILES string of the molecule is O=C(Cn1cnc([N+](=O)[O-])c1)N(Cc1ccccc1)c1ccccc1. The highest BCUT2D eigenvalue weighted by atomic mass is 16.6. The summed E-state index contributed by atoms with van der Waals surface area (Å²) in [6.45, 7) is 0.392. The first-order chi connectivity index (χ1) is 12.1. The molecule has 1 heterocycles. The number of amides is 1. The Labute approximate surface area is 144 Å². The van der Waals surface area contributed by atoms with Crippen molar-refractivity contribution < 1.29 is 9.72 Å². The van der Waals surface area contributed by atoms with E-state index in [1.165, 1.54) is 17.1 Å². The number of para-hydroxylation sites is 1. The molecule has 0 aliphatic carbocycles. The molecule has 0 saturated heterocycles. The van der Waals surface area contributed by atoms with E-state index in [-0.39, 0.29) is 18.3 Å². The normalized spacial score (nSPS) is 10.4. The topological polar surface area (TPSA) is 81.3 Å². The Morgan fingerprint density at radius 3 is 2.32 bits per heavy atom. The molecule has 0 N–H and O–H groups in total. The molecule has 0 aliphatic heterocycles. The summed E-state index contributed by atoms with van der Waals surface area (Å²) in [6, 6.07) is 19.0. The summed E-state index contributed by atoms with van der Waals surface area (Å²) in [5.74, 6) is -0.454. The minimum Gasteiger partial charge on any atom is -0.358 e. The Kier molecular flexibility index (Phi) is 4.84. The molecule has 3 rings (SSSR count). The molecule has 25 heavy (non-hydrogen) atoms. The molecule has 0 fully saturated rings. The fourth-order valence-electron chi connectivity index (χ4n) is 2.47. The monoisotopic (exact) mass is 336 g/mol. The maximum Gasteiger partial charge on any atom is 0.381 e.